The Hall–Kier alpha value is -5.64. The molecule has 11 rings (SSSR count). The van der Waals surface area contributed by atoms with E-state index in [1.54, 1.807) is 0 Å². The van der Waals surface area contributed by atoms with Crippen LogP contribution >= 0.6 is 45.3 Å². The topological polar surface area (TPSA) is 62.8 Å². The third-order valence-corrected chi connectivity index (χ3v) is 16.8. The summed E-state index contributed by atoms with van der Waals surface area (Å²) in [6.45, 7) is 11.3. The molecule has 0 fully saturated rings. The van der Waals surface area contributed by atoms with Crippen LogP contribution in [0.2, 0.25) is 0 Å². The van der Waals surface area contributed by atoms with E-state index in [1.807, 2.05) is 63.5 Å². The second-order valence-electron chi connectivity index (χ2n) is 15.8. The monoisotopic (exact) mass is 836 g/mol. The Morgan fingerprint density at radius 3 is 2.05 bits per heavy atom. The quantitative estimate of drug-likeness (QED) is 0.150. The molecule has 0 atom stereocenters. The zero-order chi connectivity index (χ0) is 39.9. The zero-order valence-electron chi connectivity index (χ0n) is 33.0. The van der Waals surface area contributed by atoms with Crippen molar-refractivity contribution < 1.29 is 0 Å². The number of nitrogens with one attached hydrogen (secondary N) is 1. The summed E-state index contributed by atoms with van der Waals surface area (Å²) in [5, 5.41) is 16.0. The number of anilines is 1. The first kappa shape index (κ1) is 36.4. The van der Waals surface area contributed by atoms with Crippen LogP contribution in [0.1, 0.15) is 45.5 Å². The van der Waals surface area contributed by atoms with Gasteiger partial charge < -0.3 is 5.73 Å². The lowest BCUT2D eigenvalue weighted by Crippen LogP contribution is -2.06. The molecule has 10 aromatic rings. The molecule has 0 amide bonds. The number of hydrogen-bond donors (Lipinski definition) is 2. The molecule has 0 spiro atoms. The van der Waals surface area contributed by atoms with Crippen molar-refractivity contribution >= 4 is 109 Å². The lowest BCUT2D eigenvalue weighted by Gasteiger charge is -2.08. The Morgan fingerprint density at radius 2 is 1.32 bits per heavy atom. The van der Waals surface area contributed by atoms with Gasteiger partial charge >= 0.3 is 0 Å². The van der Waals surface area contributed by atoms with Crippen LogP contribution in [0.3, 0.4) is 0 Å². The molecule has 6 aromatic carbocycles. The molecular formula is C51H40N4S4. The van der Waals surface area contributed by atoms with E-state index in [1.165, 1.54) is 104 Å². The van der Waals surface area contributed by atoms with Gasteiger partial charge in [0, 0.05) is 82.2 Å². The molecule has 1 aliphatic carbocycles. The van der Waals surface area contributed by atoms with Crippen LogP contribution in [0.4, 0.5) is 5.69 Å². The Kier molecular flexibility index (Phi) is 8.82. The molecule has 0 saturated carbocycles. The fraction of sp³-hybridized carbons (Fsp3) is 0.137. The highest BCUT2D eigenvalue weighted by atomic mass is 32.1. The van der Waals surface area contributed by atoms with Gasteiger partial charge in [0.05, 0.1) is 11.0 Å². The fourth-order valence-electron chi connectivity index (χ4n) is 8.89. The number of fused-ring (bicyclic) bond motifs is 8. The molecule has 59 heavy (non-hydrogen) atoms. The maximum Gasteiger partial charge on any atom is 0.100 e. The van der Waals surface area contributed by atoms with Crippen molar-refractivity contribution in [3.8, 4) is 19.5 Å². The lowest BCUT2D eigenvalue weighted by atomic mass is 9.98. The number of rotatable bonds is 8. The fourth-order valence-corrected chi connectivity index (χ4v) is 13.7. The van der Waals surface area contributed by atoms with Gasteiger partial charge in [0.2, 0.25) is 0 Å². The second kappa shape index (κ2) is 14.3. The summed E-state index contributed by atoms with van der Waals surface area (Å²) in [5.74, 6) is 0. The van der Waals surface area contributed by atoms with Gasteiger partial charge in [0.15, 0.2) is 0 Å². The first-order valence-electron chi connectivity index (χ1n) is 20.0. The molecule has 4 nitrogen and oxygen atoms in total. The molecule has 0 radical (unpaired) electrons. The predicted octanol–water partition coefficient (Wildman–Crippen LogP) is 14.1. The Labute approximate surface area is 358 Å². The molecule has 288 valence electrons. The molecule has 0 unspecified atom stereocenters. The van der Waals surface area contributed by atoms with Gasteiger partial charge in [-0.15, -0.1) is 45.3 Å². The number of nitrogens with two attached hydrogens (primary N) is 1. The second-order valence-corrected chi connectivity index (χ2v) is 20.1. The standard InChI is InChI=1S/C51H40N4S4/c1-27-15-19-38-32(21-27)23-40(56-38)42-25-36-48(53-28(2)16-17-31-11-7-5-8-12-31)44-29(3)47-45(30(4)46(44)50(36)58-42)49(55-54-35-13-9-6-10-14-35)37-26-43(59-51(37)47)41-24-33-22-34(52)18-20-39(33)57-41/h5-15,19,21-26,54H,2,16-18,20,52H2,1,3-4H3/b53-48?,55-49+. The van der Waals surface area contributed by atoms with Crippen molar-refractivity contribution in [3.05, 3.63) is 165 Å². The van der Waals surface area contributed by atoms with Crippen LogP contribution in [-0.4, -0.2) is 0 Å². The van der Waals surface area contributed by atoms with E-state index in [9.17, 15) is 0 Å². The minimum absolute atomic E-state index is 0.792. The Morgan fingerprint density at radius 1 is 0.678 bits per heavy atom. The number of hydrogen-bond acceptors (Lipinski definition) is 8. The van der Waals surface area contributed by atoms with Crippen molar-refractivity contribution in [1.29, 1.82) is 0 Å². The van der Waals surface area contributed by atoms with E-state index in [0.717, 1.165) is 53.5 Å². The van der Waals surface area contributed by atoms with Gasteiger partial charge in [-0.1, -0.05) is 72.8 Å². The van der Waals surface area contributed by atoms with Crippen LogP contribution < -0.4 is 21.9 Å². The molecule has 4 aromatic heterocycles. The van der Waals surface area contributed by atoms with E-state index in [4.69, 9.17) is 15.8 Å². The molecule has 0 aliphatic heterocycles. The van der Waals surface area contributed by atoms with Gasteiger partial charge in [-0.05, 0) is 123 Å². The van der Waals surface area contributed by atoms with Crippen molar-refractivity contribution in [1.82, 2.24) is 0 Å². The van der Waals surface area contributed by atoms with E-state index in [-0.39, 0.29) is 0 Å². The number of aryl methyl sites for hydroxylation is 5. The van der Waals surface area contributed by atoms with Crippen molar-refractivity contribution in [2.75, 3.05) is 5.43 Å². The number of thiophene rings is 4. The first-order chi connectivity index (χ1) is 28.8. The van der Waals surface area contributed by atoms with E-state index < -0.39 is 0 Å². The average Bonchev–Trinajstić information content (AvgIpc) is 4.09. The molecule has 1 aliphatic rings. The van der Waals surface area contributed by atoms with Gasteiger partial charge in [-0.3, -0.25) is 10.4 Å². The summed E-state index contributed by atoms with van der Waals surface area (Å²) < 4.78 is 3.87. The van der Waals surface area contributed by atoms with E-state index >= 15 is 0 Å². The summed E-state index contributed by atoms with van der Waals surface area (Å²) in [7, 11) is 0. The Bertz CT molecular complexity index is 3470. The number of benzene rings is 4. The molecule has 3 N–H and O–H groups in total. The molecule has 0 saturated heterocycles. The zero-order valence-corrected chi connectivity index (χ0v) is 36.3. The van der Waals surface area contributed by atoms with Crippen molar-refractivity contribution in [3.63, 3.8) is 0 Å². The van der Waals surface area contributed by atoms with Crippen molar-refractivity contribution in [2.24, 2.45) is 15.8 Å². The smallest absolute Gasteiger partial charge is 0.100 e. The summed E-state index contributed by atoms with van der Waals surface area (Å²) in [4.78, 5) is 12.0. The summed E-state index contributed by atoms with van der Waals surface area (Å²) >= 11 is 7.54. The van der Waals surface area contributed by atoms with Gasteiger partial charge in [0.1, 0.15) is 5.36 Å². The van der Waals surface area contributed by atoms with Crippen LogP contribution in [-0.2, 0) is 12.8 Å². The molecule has 8 heteroatoms. The van der Waals surface area contributed by atoms with Gasteiger partial charge in [-0.2, -0.15) is 5.10 Å². The first-order valence-corrected chi connectivity index (χ1v) is 23.3. The van der Waals surface area contributed by atoms with E-state index in [0.29, 0.717) is 0 Å². The largest absolute Gasteiger partial charge is 0.402 e. The minimum atomic E-state index is 0.792. The van der Waals surface area contributed by atoms with Gasteiger partial charge in [-0.25, -0.2) is 0 Å². The maximum absolute atomic E-state index is 6.28. The SMILES string of the molecule is C=C(CCc1ccccc1)N=c1c2cc(-c3cc4cc(C)ccc4s3)sc2c2c(C)c3/c(=N/Nc4ccccc4)c4cc(-c5cc6c(s5)CCC(N)=C6)sc4c3c(C)c12. The Balaban J connectivity index is 1.17. The summed E-state index contributed by atoms with van der Waals surface area (Å²) in [6.07, 6.45) is 5.77. The molecule has 4 heterocycles. The third-order valence-electron chi connectivity index (χ3n) is 11.8. The predicted molar refractivity (Wildman–Crippen MR) is 259 cm³/mol. The molecule has 0 bridgehead atoms. The highest BCUT2D eigenvalue weighted by molar-refractivity contribution is 7.29. The average molecular weight is 837 g/mol. The van der Waals surface area contributed by atoms with Crippen LogP contribution in [0.5, 0.6) is 0 Å². The maximum atomic E-state index is 6.28. The molecular weight excluding hydrogens is 797 g/mol. The normalized spacial score (nSPS) is 13.8. The third kappa shape index (κ3) is 6.20. The highest BCUT2D eigenvalue weighted by Gasteiger charge is 2.26. The van der Waals surface area contributed by atoms with E-state index in [2.05, 4.69) is 124 Å². The minimum Gasteiger partial charge on any atom is -0.402 e. The summed E-state index contributed by atoms with van der Waals surface area (Å²) in [6, 6.07) is 37.1. The number of nitrogens with zero attached hydrogens (tertiary/aromatic N) is 2. The van der Waals surface area contributed by atoms with Crippen LogP contribution in [0.25, 0.3) is 77.4 Å². The lowest BCUT2D eigenvalue weighted by molar-refractivity contribution is 0.922. The van der Waals surface area contributed by atoms with Crippen LogP contribution in [0.15, 0.2) is 131 Å². The van der Waals surface area contributed by atoms with Crippen molar-refractivity contribution in [2.45, 2.75) is 46.5 Å². The highest BCUT2D eigenvalue weighted by Crippen LogP contribution is 2.48. The summed E-state index contributed by atoms with van der Waals surface area (Å²) in [5.41, 5.74) is 18.9. The van der Waals surface area contributed by atoms with Crippen LogP contribution in [0, 0.1) is 20.8 Å². The number of allylic oxidation sites excluding steroid dienone is 2. The van der Waals surface area contributed by atoms with Gasteiger partial charge in [0.25, 0.3) is 0 Å². The number of para-hydroxylation sites is 1.